The molecule has 3 amide bonds. The van der Waals surface area contributed by atoms with Crippen LogP contribution in [-0.2, 0) is 14.3 Å². The molecule has 0 saturated heterocycles. The molecule has 0 aromatic rings. The first-order valence-electron chi connectivity index (χ1n) is 12.7. The van der Waals surface area contributed by atoms with Gasteiger partial charge in [0.15, 0.2) is 0 Å². The molecule has 0 saturated carbocycles. The zero-order chi connectivity index (χ0) is 25.9. The van der Waals surface area contributed by atoms with E-state index in [4.69, 9.17) is 22.9 Å². The summed E-state index contributed by atoms with van der Waals surface area (Å²) in [5.41, 5.74) is 21.0. The molecule has 0 aromatic heterocycles. The van der Waals surface area contributed by atoms with E-state index in [9.17, 15) is 14.4 Å². The highest BCUT2D eigenvalue weighted by molar-refractivity contribution is 5.85. The molecular weight excluding hydrogens is 438 g/mol. The molecule has 34 heavy (non-hydrogen) atoms. The van der Waals surface area contributed by atoms with Crippen LogP contribution in [0, 0.1) is 0 Å². The van der Waals surface area contributed by atoms with E-state index in [1.807, 2.05) is 0 Å². The molecule has 202 valence electrons. The van der Waals surface area contributed by atoms with Crippen LogP contribution < -0.4 is 33.6 Å². The van der Waals surface area contributed by atoms with Crippen molar-refractivity contribution in [1.82, 2.24) is 15.5 Å². The molecule has 0 unspecified atom stereocenters. The molecule has 11 heteroatoms. The first kappa shape index (κ1) is 34.2. The number of nitrogens with two attached hydrogens (primary N) is 4. The lowest BCUT2D eigenvalue weighted by Gasteiger charge is -2.22. The number of nitrogens with zero attached hydrogens (tertiary/aromatic N) is 1. The van der Waals surface area contributed by atoms with Gasteiger partial charge in [-0.1, -0.05) is 39.0 Å². The first-order chi connectivity index (χ1) is 16.4. The predicted molar refractivity (Wildman–Crippen MR) is 137 cm³/mol. The second-order valence-electron chi connectivity index (χ2n) is 8.06. The summed E-state index contributed by atoms with van der Waals surface area (Å²) in [6.45, 7) is 5.96. The van der Waals surface area contributed by atoms with Gasteiger partial charge in [0.1, 0.15) is 6.61 Å². The second-order valence-corrected chi connectivity index (χ2v) is 8.06. The highest BCUT2D eigenvalue weighted by Crippen LogP contribution is 2.04. The van der Waals surface area contributed by atoms with Crippen LogP contribution in [0.1, 0.15) is 71.1 Å². The standard InChI is InChI=1S/C19H40N6O4.C4H11N/c20-9-5-2-1-3-8-13-25(16-17(26)24-12-14-29-19(22)28)18(27)15-23-11-7-4-6-10-21;1-2-3-4-5/h23H,1-16,20-21H2,(H2,22,28)(H,24,26);2-5H2,1H3. The SMILES string of the molecule is CCCCN.NCCCCCCCN(CC(=O)NCCOC(N)=O)C(=O)CNCCCCCN. The predicted octanol–water partition coefficient (Wildman–Crippen LogP) is 0.400. The number of hydrogen-bond donors (Lipinski definition) is 6. The Morgan fingerprint density at radius 2 is 1.38 bits per heavy atom. The minimum Gasteiger partial charge on any atom is -0.448 e. The maximum atomic E-state index is 12.5. The number of amides is 3. The number of unbranched alkanes of at least 4 members (excludes halogenated alkanes) is 7. The molecule has 0 spiro atoms. The van der Waals surface area contributed by atoms with Gasteiger partial charge in [-0.25, -0.2) is 4.79 Å². The van der Waals surface area contributed by atoms with E-state index in [-0.39, 0.29) is 38.1 Å². The average molecular weight is 490 g/mol. The van der Waals surface area contributed by atoms with Crippen LogP contribution in [0.4, 0.5) is 4.79 Å². The molecular formula is C23H51N7O4. The van der Waals surface area contributed by atoms with Gasteiger partial charge in [-0.05, 0) is 58.3 Å². The van der Waals surface area contributed by atoms with Crippen molar-refractivity contribution in [3.05, 3.63) is 0 Å². The summed E-state index contributed by atoms with van der Waals surface area (Å²) in [7, 11) is 0. The molecule has 0 aliphatic heterocycles. The van der Waals surface area contributed by atoms with Crippen molar-refractivity contribution in [2.24, 2.45) is 22.9 Å². The number of ether oxygens (including phenoxy) is 1. The molecule has 0 aromatic carbocycles. The number of primary amides is 1. The Hall–Kier alpha value is -1.95. The van der Waals surface area contributed by atoms with E-state index in [2.05, 4.69) is 22.3 Å². The first-order valence-corrected chi connectivity index (χ1v) is 12.7. The maximum absolute atomic E-state index is 12.5. The van der Waals surface area contributed by atoms with Crippen molar-refractivity contribution in [1.29, 1.82) is 0 Å². The van der Waals surface area contributed by atoms with Crippen molar-refractivity contribution >= 4 is 17.9 Å². The van der Waals surface area contributed by atoms with Gasteiger partial charge in [-0.15, -0.1) is 0 Å². The fourth-order valence-corrected chi connectivity index (χ4v) is 2.92. The minimum atomic E-state index is -0.886. The third kappa shape index (κ3) is 26.3. The summed E-state index contributed by atoms with van der Waals surface area (Å²) in [6, 6.07) is 0. The van der Waals surface area contributed by atoms with Gasteiger partial charge in [-0.3, -0.25) is 9.59 Å². The smallest absolute Gasteiger partial charge is 0.404 e. The van der Waals surface area contributed by atoms with Gasteiger partial charge in [0, 0.05) is 6.54 Å². The maximum Gasteiger partial charge on any atom is 0.404 e. The van der Waals surface area contributed by atoms with Gasteiger partial charge in [0.2, 0.25) is 11.8 Å². The van der Waals surface area contributed by atoms with Gasteiger partial charge < -0.3 is 43.2 Å². The minimum absolute atomic E-state index is 0.000514. The third-order valence-corrected chi connectivity index (χ3v) is 4.88. The van der Waals surface area contributed by atoms with Crippen LogP contribution in [-0.4, -0.2) is 81.8 Å². The molecule has 0 fully saturated rings. The zero-order valence-corrected chi connectivity index (χ0v) is 21.3. The quantitative estimate of drug-likeness (QED) is 0.125. The molecule has 0 atom stereocenters. The van der Waals surface area contributed by atoms with Crippen molar-refractivity contribution in [3.63, 3.8) is 0 Å². The van der Waals surface area contributed by atoms with Gasteiger partial charge in [0.05, 0.1) is 19.6 Å². The number of nitrogens with one attached hydrogen (secondary N) is 2. The zero-order valence-electron chi connectivity index (χ0n) is 21.3. The molecule has 0 aliphatic rings. The highest BCUT2D eigenvalue weighted by atomic mass is 16.5. The molecule has 0 aliphatic carbocycles. The lowest BCUT2D eigenvalue weighted by molar-refractivity contribution is -0.135. The van der Waals surface area contributed by atoms with Crippen molar-refractivity contribution in [2.75, 3.05) is 59.0 Å². The number of carbonyl (C=O) groups excluding carboxylic acids is 3. The normalized spacial score (nSPS) is 10.2. The lowest BCUT2D eigenvalue weighted by atomic mass is 10.1. The molecule has 0 radical (unpaired) electrons. The van der Waals surface area contributed by atoms with Crippen LogP contribution in [0.3, 0.4) is 0 Å². The summed E-state index contributed by atoms with van der Waals surface area (Å²) in [5, 5.41) is 5.75. The monoisotopic (exact) mass is 489 g/mol. The topological polar surface area (TPSA) is 192 Å². The number of carbonyl (C=O) groups is 3. The molecule has 11 nitrogen and oxygen atoms in total. The van der Waals surface area contributed by atoms with Crippen LogP contribution >= 0.6 is 0 Å². The molecule has 0 bridgehead atoms. The average Bonchev–Trinajstić information content (AvgIpc) is 2.81. The molecule has 10 N–H and O–H groups in total. The fourth-order valence-electron chi connectivity index (χ4n) is 2.92. The Morgan fingerprint density at radius 1 is 0.794 bits per heavy atom. The summed E-state index contributed by atoms with van der Waals surface area (Å²) in [4.78, 5) is 36.7. The van der Waals surface area contributed by atoms with Crippen LogP contribution in [0.15, 0.2) is 0 Å². The van der Waals surface area contributed by atoms with Crippen molar-refractivity contribution < 1.29 is 19.1 Å². The lowest BCUT2D eigenvalue weighted by Crippen LogP contribution is -2.45. The number of hydrogen-bond acceptors (Lipinski definition) is 8. The Kier molecular flexibility index (Phi) is 27.5. The van der Waals surface area contributed by atoms with Gasteiger partial charge in [-0.2, -0.15) is 0 Å². The third-order valence-electron chi connectivity index (χ3n) is 4.88. The number of rotatable bonds is 21. The van der Waals surface area contributed by atoms with Crippen LogP contribution in [0.5, 0.6) is 0 Å². The molecule has 0 heterocycles. The van der Waals surface area contributed by atoms with E-state index < -0.39 is 6.09 Å². The van der Waals surface area contributed by atoms with Crippen LogP contribution in [0.25, 0.3) is 0 Å². The second kappa shape index (κ2) is 27.3. The summed E-state index contributed by atoms with van der Waals surface area (Å²) in [5.74, 6) is -0.396. The van der Waals surface area contributed by atoms with Gasteiger partial charge in [0.25, 0.3) is 0 Å². The van der Waals surface area contributed by atoms with Crippen molar-refractivity contribution in [3.8, 4) is 0 Å². The Labute approximate surface area is 206 Å². The summed E-state index contributed by atoms with van der Waals surface area (Å²) >= 11 is 0. The van der Waals surface area contributed by atoms with Crippen molar-refractivity contribution in [2.45, 2.75) is 71.1 Å². The van der Waals surface area contributed by atoms with E-state index >= 15 is 0 Å². The summed E-state index contributed by atoms with van der Waals surface area (Å²) in [6.07, 6.45) is 9.45. The summed E-state index contributed by atoms with van der Waals surface area (Å²) < 4.78 is 4.57. The van der Waals surface area contributed by atoms with E-state index in [0.29, 0.717) is 19.6 Å². The largest absolute Gasteiger partial charge is 0.448 e. The van der Waals surface area contributed by atoms with E-state index in [1.165, 1.54) is 12.8 Å². The highest BCUT2D eigenvalue weighted by Gasteiger charge is 2.16. The Balaban J connectivity index is 0. The van der Waals surface area contributed by atoms with E-state index in [0.717, 1.165) is 64.5 Å². The Morgan fingerprint density at radius 3 is 1.94 bits per heavy atom. The fraction of sp³-hybridized carbons (Fsp3) is 0.870. The van der Waals surface area contributed by atoms with Crippen LogP contribution in [0.2, 0.25) is 0 Å². The van der Waals surface area contributed by atoms with Gasteiger partial charge >= 0.3 is 6.09 Å². The molecule has 0 rings (SSSR count). The van der Waals surface area contributed by atoms with E-state index in [1.54, 1.807) is 4.90 Å². The Bertz CT molecular complexity index is 494.